The Morgan fingerprint density at radius 3 is 2.65 bits per heavy atom. The van der Waals surface area contributed by atoms with Crippen LogP contribution in [0.5, 0.6) is 0 Å². The monoisotopic (exact) mass is 350 g/mol. The molecule has 2 aromatic carbocycles. The Morgan fingerprint density at radius 1 is 1.19 bits per heavy atom. The van der Waals surface area contributed by atoms with Crippen molar-refractivity contribution in [1.82, 2.24) is 4.57 Å². The van der Waals surface area contributed by atoms with Crippen molar-refractivity contribution in [2.75, 3.05) is 6.61 Å². The van der Waals surface area contributed by atoms with Crippen molar-refractivity contribution in [3.8, 4) is 0 Å². The van der Waals surface area contributed by atoms with E-state index < -0.39 is 5.97 Å². The summed E-state index contributed by atoms with van der Waals surface area (Å²) in [4.78, 5) is 16.7. The molecule has 0 unspecified atom stereocenters. The minimum Gasteiger partial charge on any atom is -0.460 e. The Kier molecular flexibility index (Phi) is 4.37. The number of hydrogen-bond donors (Lipinski definition) is 0. The second kappa shape index (κ2) is 6.83. The zero-order chi connectivity index (χ0) is 18.1. The molecule has 134 valence electrons. The normalized spacial score (nSPS) is 14.8. The third kappa shape index (κ3) is 3.05. The lowest BCUT2D eigenvalue weighted by molar-refractivity contribution is 0.0487. The highest BCUT2D eigenvalue weighted by atomic mass is 16.5. The maximum Gasteiger partial charge on any atom is 0.375 e. The molecule has 3 aromatic rings. The lowest BCUT2D eigenvalue weighted by Crippen LogP contribution is -2.13. The first kappa shape index (κ1) is 16.6. The highest BCUT2D eigenvalue weighted by molar-refractivity contribution is 5.95. The molecule has 26 heavy (non-hydrogen) atoms. The molecule has 1 aliphatic carbocycles. The Morgan fingerprint density at radius 2 is 1.96 bits per heavy atom. The van der Waals surface area contributed by atoms with Gasteiger partial charge in [-0.1, -0.05) is 30.3 Å². The predicted octanol–water partition coefficient (Wildman–Crippen LogP) is 4.54. The summed E-state index contributed by atoms with van der Waals surface area (Å²) in [5.74, 6) is 0.380. The minimum absolute atomic E-state index is 0.173. The number of oxazole rings is 1. The minimum atomic E-state index is -0.468. The van der Waals surface area contributed by atoms with Crippen LogP contribution in [0.1, 0.15) is 48.7 Å². The van der Waals surface area contributed by atoms with Crippen LogP contribution in [-0.4, -0.2) is 17.1 Å². The Hall–Kier alpha value is -2.82. The molecule has 0 radical (unpaired) electrons. The highest BCUT2D eigenvalue weighted by Crippen LogP contribution is 2.44. The average Bonchev–Trinajstić information content (AvgIpc) is 3.42. The molecule has 5 heteroatoms. The van der Waals surface area contributed by atoms with Gasteiger partial charge in [-0.3, -0.25) is 4.57 Å². The van der Waals surface area contributed by atoms with Gasteiger partial charge in [0.15, 0.2) is 0 Å². The molecule has 1 aliphatic rings. The SMILES string of the molecule is CCOC(=O)c1cn(CC)/c(=N/c2ccc(C3CC3)c3ccccc23)o1. The summed E-state index contributed by atoms with van der Waals surface area (Å²) >= 11 is 0. The summed E-state index contributed by atoms with van der Waals surface area (Å²) in [6.45, 7) is 4.72. The molecule has 5 nitrogen and oxygen atoms in total. The zero-order valence-corrected chi connectivity index (χ0v) is 15.1. The summed E-state index contributed by atoms with van der Waals surface area (Å²) in [5.41, 5.74) is 2.64. The molecule has 1 heterocycles. The maximum absolute atomic E-state index is 11.9. The molecule has 0 atom stereocenters. The van der Waals surface area contributed by atoms with Crippen molar-refractivity contribution in [3.63, 3.8) is 0 Å². The van der Waals surface area contributed by atoms with Crippen molar-refractivity contribution < 1.29 is 13.9 Å². The Balaban J connectivity index is 1.84. The first-order valence-corrected chi connectivity index (χ1v) is 9.15. The van der Waals surface area contributed by atoms with Crippen molar-refractivity contribution in [2.45, 2.75) is 39.2 Å². The maximum atomic E-state index is 11.9. The molecular weight excluding hydrogens is 328 g/mol. The number of ether oxygens (including phenoxy) is 1. The number of esters is 1. The number of aryl methyl sites for hydroxylation is 1. The largest absolute Gasteiger partial charge is 0.460 e. The summed E-state index contributed by atoms with van der Waals surface area (Å²) in [7, 11) is 0. The number of hydrogen-bond acceptors (Lipinski definition) is 4. The van der Waals surface area contributed by atoms with Crippen molar-refractivity contribution in [3.05, 3.63) is 59.6 Å². The standard InChI is InChI=1S/C21H22N2O3/c1-3-23-13-19(20(24)25-4-2)26-21(23)22-18-12-11-15(14-9-10-14)16-7-5-6-8-17(16)18/h5-8,11-14H,3-4,9-10H2,1-2H3/b22-21-. The van der Waals surface area contributed by atoms with Crippen LogP contribution < -0.4 is 5.68 Å². The molecule has 0 aliphatic heterocycles. The summed E-state index contributed by atoms with van der Waals surface area (Å²) in [6, 6.07) is 12.6. The van der Waals surface area contributed by atoms with E-state index in [0.29, 0.717) is 24.8 Å². The predicted molar refractivity (Wildman–Crippen MR) is 99.5 cm³/mol. The molecular formula is C21H22N2O3. The van der Waals surface area contributed by atoms with Crippen LogP contribution in [0.2, 0.25) is 0 Å². The van der Waals surface area contributed by atoms with Crippen LogP contribution in [0.4, 0.5) is 5.69 Å². The van der Waals surface area contributed by atoms with Gasteiger partial charge in [0, 0.05) is 11.9 Å². The van der Waals surface area contributed by atoms with Crippen LogP contribution in [0.25, 0.3) is 10.8 Å². The first-order valence-electron chi connectivity index (χ1n) is 9.15. The van der Waals surface area contributed by atoms with E-state index in [1.165, 1.54) is 23.8 Å². The van der Waals surface area contributed by atoms with E-state index >= 15 is 0 Å². The molecule has 4 rings (SSSR count). The van der Waals surface area contributed by atoms with Gasteiger partial charge >= 0.3 is 11.7 Å². The van der Waals surface area contributed by atoms with Gasteiger partial charge < -0.3 is 9.15 Å². The van der Waals surface area contributed by atoms with E-state index in [1.807, 2.05) is 23.6 Å². The Bertz CT molecular complexity index is 1030. The van der Waals surface area contributed by atoms with Gasteiger partial charge in [-0.15, -0.1) is 0 Å². The van der Waals surface area contributed by atoms with Gasteiger partial charge in [-0.05, 0) is 49.6 Å². The first-order chi connectivity index (χ1) is 12.7. The van der Waals surface area contributed by atoms with Gasteiger partial charge in [0.1, 0.15) is 0 Å². The van der Waals surface area contributed by atoms with Crippen molar-refractivity contribution in [1.29, 1.82) is 0 Å². The molecule has 1 aromatic heterocycles. The fraction of sp³-hybridized carbons (Fsp3) is 0.333. The third-order valence-electron chi connectivity index (χ3n) is 4.71. The van der Waals surface area contributed by atoms with E-state index in [-0.39, 0.29) is 5.76 Å². The van der Waals surface area contributed by atoms with Gasteiger partial charge in [0.2, 0.25) is 5.76 Å². The number of aromatic nitrogens is 1. The van der Waals surface area contributed by atoms with Gasteiger partial charge in [0.25, 0.3) is 0 Å². The quantitative estimate of drug-likeness (QED) is 0.635. The molecule has 0 saturated heterocycles. The van der Waals surface area contributed by atoms with Crippen LogP contribution >= 0.6 is 0 Å². The van der Waals surface area contributed by atoms with Crippen LogP contribution in [-0.2, 0) is 11.3 Å². The van der Waals surface area contributed by atoms with Crippen LogP contribution in [0.15, 0.2) is 52.0 Å². The summed E-state index contributed by atoms with van der Waals surface area (Å²) < 4.78 is 12.5. The lowest BCUT2D eigenvalue weighted by atomic mass is 10.00. The average molecular weight is 350 g/mol. The fourth-order valence-electron chi connectivity index (χ4n) is 3.25. The fourth-order valence-corrected chi connectivity index (χ4v) is 3.25. The van der Waals surface area contributed by atoms with Crippen molar-refractivity contribution >= 4 is 22.4 Å². The number of carbonyl (C=O) groups is 1. The number of fused-ring (bicyclic) bond motifs is 1. The molecule has 0 spiro atoms. The Labute approximate surface area is 151 Å². The van der Waals surface area contributed by atoms with Gasteiger partial charge in [-0.25, -0.2) is 4.79 Å². The van der Waals surface area contributed by atoms with E-state index in [0.717, 1.165) is 11.1 Å². The molecule has 1 fully saturated rings. The number of nitrogens with zero attached hydrogens (tertiary/aromatic N) is 2. The van der Waals surface area contributed by atoms with Crippen LogP contribution in [0, 0.1) is 0 Å². The van der Waals surface area contributed by atoms with E-state index in [4.69, 9.17) is 14.1 Å². The second-order valence-corrected chi connectivity index (χ2v) is 6.49. The van der Waals surface area contributed by atoms with Crippen LogP contribution in [0.3, 0.4) is 0 Å². The van der Waals surface area contributed by atoms with E-state index in [9.17, 15) is 4.79 Å². The van der Waals surface area contributed by atoms with Gasteiger partial charge in [-0.2, -0.15) is 4.99 Å². The molecule has 0 amide bonds. The number of benzene rings is 2. The van der Waals surface area contributed by atoms with Crippen molar-refractivity contribution in [2.24, 2.45) is 4.99 Å². The number of rotatable bonds is 5. The summed E-state index contributed by atoms with van der Waals surface area (Å²) in [6.07, 6.45) is 4.17. The lowest BCUT2D eigenvalue weighted by Gasteiger charge is -2.07. The van der Waals surface area contributed by atoms with E-state index in [1.54, 1.807) is 13.1 Å². The molecule has 0 bridgehead atoms. The topological polar surface area (TPSA) is 56.7 Å². The molecule has 1 saturated carbocycles. The second-order valence-electron chi connectivity index (χ2n) is 6.49. The zero-order valence-electron chi connectivity index (χ0n) is 15.1. The van der Waals surface area contributed by atoms with E-state index in [2.05, 4.69) is 24.3 Å². The third-order valence-corrected chi connectivity index (χ3v) is 4.71. The molecule has 0 N–H and O–H groups in total. The smallest absolute Gasteiger partial charge is 0.375 e. The van der Waals surface area contributed by atoms with Gasteiger partial charge in [0.05, 0.1) is 18.5 Å². The summed E-state index contributed by atoms with van der Waals surface area (Å²) in [5, 5.41) is 2.35. The number of carbonyl (C=O) groups excluding carboxylic acids is 1. The highest BCUT2D eigenvalue weighted by Gasteiger charge is 2.25.